The van der Waals surface area contributed by atoms with Gasteiger partial charge in [-0.1, -0.05) is 65.0 Å². The van der Waals surface area contributed by atoms with Gasteiger partial charge in [-0.2, -0.15) is 0 Å². The van der Waals surface area contributed by atoms with Crippen LogP contribution in [0.25, 0.3) is 0 Å². The van der Waals surface area contributed by atoms with Gasteiger partial charge in [0.25, 0.3) is 0 Å². The fraction of sp³-hybridized carbons (Fsp3) is 0.462. The second kappa shape index (κ2) is 6.55. The van der Waals surface area contributed by atoms with Gasteiger partial charge in [-0.25, -0.2) is 4.98 Å². The molecule has 0 fully saturated rings. The van der Waals surface area contributed by atoms with Gasteiger partial charge in [0.1, 0.15) is 5.82 Å². The van der Waals surface area contributed by atoms with E-state index < -0.39 is 5.41 Å². The quantitative estimate of drug-likeness (QED) is 0.655. The molecule has 1 aliphatic carbocycles. The maximum atomic E-state index is 13.4. The average Bonchev–Trinajstić information content (AvgIpc) is 2.60. The van der Waals surface area contributed by atoms with E-state index in [4.69, 9.17) is 4.98 Å². The van der Waals surface area contributed by atoms with Crippen LogP contribution in [0, 0.1) is 10.8 Å². The molecule has 0 radical (unpaired) electrons. The summed E-state index contributed by atoms with van der Waals surface area (Å²) in [5.74, 6) is 1.14. The molecule has 154 valence electrons. The van der Waals surface area contributed by atoms with E-state index in [1.807, 2.05) is 12.3 Å². The Kier molecular flexibility index (Phi) is 4.49. The number of allylic oxidation sites excluding steroid dienone is 2. The third kappa shape index (κ3) is 3.52. The third-order valence-electron chi connectivity index (χ3n) is 6.21. The fourth-order valence-electron chi connectivity index (χ4n) is 5.05. The number of ketones is 1. The number of nitrogens with zero attached hydrogens (tertiary/aromatic N) is 1. The highest BCUT2D eigenvalue weighted by Crippen LogP contribution is 2.52. The Balaban J connectivity index is 0.00000256. The first kappa shape index (κ1) is 19.9. The van der Waals surface area contributed by atoms with Gasteiger partial charge in [0, 0.05) is 30.9 Å². The lowest BCUT2D eigenvalue weighted by Crippen LogP contribution is -2.42. The molecule has 0 unspecified atom stereocenters. The van der Waals surface area contributed by atoms with Crippen LogP contribution in [0.1, 0.15) is 72.5 Å². The molecular weight excluding hydrogens is 356 g/mol. The summed E-state index contributed by atoms with van der Waals surface area (Å²) in [6, 6.07) is 12.7. The number of Topliss-reactive ketones (excluding diaryl/α,β-unsaturated/α-hetero) is 1. The molecular formula is C26H34N2O. The molecule has 0 amide bonds. The highest BCUT2D eigenvalue weighted by Gasteiger charge is 2.47. The average molecular weight is 391 g/mol. The summed E-state index contributed by atoms with van der Waals surface area (Å²) in [5.41, 5.74) is 5.08. The third-order valence-corrected chi connectivity index (χ3v) is 6.21. The van der Waals surface area contributed by atoms with Gasteiger partial charge in [-0.15, -0.1) is 0 Å². The molecule has 1 aromatic carbocycles. The van der Waals surface area contributed by atoms with Gasteiger partial charge in [-0.05, 0) is 47.8 Å². The molecule has 29 heavy (non-hydrogen) atoms. The van der Waals surface area contributed by atoms with E-state index in [9.17, 15) is 4.79 Å². The molecule has 2 aliphatic rings. The van der Waals surface area contributed by atoms with Crippen LogP contribution >= 0.6 is 0 Å². The predicted molar refractivity (Wildman–Crippen MR) is 121 cm³/mol. The van der Waals surface area contributed by atoms with Gasteiger partial charge in [-0.3, -0.25) is 4.79 Å². The SMILES string of the molecule is CC(C)(C)Cc1cnc2c(c1)[C@](C)(c1ccccc1)C1=C(CC(C)(C)CC1=O)N2.[HH]. The largest absolute Gasteiger partial charge is 0.343 e. The zero-order valence-electron chi connectivity index (χ0n) is 18.5. The lowest BCUT2D eigenvalue weighted by Gasteiger charge is -2.44. The van der Waals surface area contributed by atoms with Gasteiger partial charge >= 0.3 is 0 Å². The monoisotopic (exact) mass is 390 g/mol. The molecule has 3 heteroatoms. The molecule has 1 atom stereocenters. The topological polar surface area (TPSA) is 42.0 Å². The van der Waals surface area contributed by atoms with E-state index in [0.29, 0.717) is 6.42 Å². The number of rotatable bonds is 2. The Hall–Kier alpha value is -2.42. The number of benzene rings is 1. The summed E-state index contributed by atoms with van der Waals surface area (Å²) in [7, 11) is 0. The molecule has 0 bridgehead atoms. The molecule has 0 spiro atoms. The molecule has 1 aliphatic heterocycles. The maximum absolute atomic E-state index is 13.4. The molecule has 2 heterocycles. The Morgan fingerprint density at radius 1 is 1.10 bits per heavy atom. The van der Waals surface area contributed by atoms with Crippen LogP contribution in [0.4, 0.5) is 5.82 Å². The van der Waals surface area contributed by atoms with Crippen LogP contribution in [0.2, 0.25) is 0 Å². The molecule has 2 aromatic rings. The number of aromatic nitrogens is 1. The minimum Gasteiger partial charge on any atom is -0.343 e. The number of hydrogen-bond donors (Lipinski definition) is 1. The van der Waals surface area contributed by atoms with E-state index >= 15 is 0 Å². The minimum atomic E-state index is -0.494. The number of nitrogens with one attached hydrogen (secondary N) is 1. The Bertz CT molecular complexity index is 1000. The van der Waals surface area contributed by atoms with E-state index in [1.165, 1.54) is 5.56 Å². The standard InChI is InChI=1S/C26H32N2O.H2/c1-24(2,3)13-17-12-19-23(27-16-17)28-20-14-25(4,5)15-21(29)22(20)26(19,6)18-10-8-7-9-11-18;/h7-12,16H,13-15H2,1-6H3,(H,27,28);1H/t26-;/m0./s1. The minimum absolute atomic E-state index is 0. The molecule has 0 saturated carbocycles. The molecule has 0 saturated heterocycles. The van der Waals surface area contributed by atoms with Crippen molar-refractivity contribution < 1.29 is 6.22 Å². The number of pyridine rings is 1. The molecule has 4 rings (SSSR count). The first-order valence-corrected chi connectivity index (χ1v) is 10.6. The Morgan fingerprint density at radius 3 is 2.45 bits per heavy atom. The number of anilines is 1. The lowest BCUT2D eigenvalue weighted by atomic mass is 9.61. The zero-order valence-corrected chi connectivity index (χ0v) is 18.5. The van der Waals surface area contributed by atoms with Crippen LogP contribution in [-0.4, -0.2) is 10.8 Å². The van der Waals surface area contributed by atoms with Crippen LogP contribution in [0.3, 0.4) is 0 Å². The summed E-state index contributed by atoms with van der Waals surface area (Å²) in [4.78, 5) is 18.3. The number of fused-ring (bicyclic) bond motifs is 1. The summed E-state index contributed by atoms with van der Waals surface area (Å²) < 4.78 is 0. The van der Waals surface area contributed by atoms with E-state index in [-0.39, 0.29) is 18.0 Å². The highest BCUT2D eigenvalue weighted by atomic mass is 16.1. The molecule has 1 N–H and O–H groups in total. The fourth-order valence-corrected chi connectivity index (χ4v) is 5.05. The van der Waals surface area contributed by atoms with Crippen molar-refractivity contribution in [3.63, 3.8) is 0 Å². The molecule has 1 aromatic heterocycles. The van der Waals surface area contributed by atoms with Gasteiger partial charge in [0.2, 0.25) is 0 Å². The van der Waals surface area contributed by atoms with E-state index in [2.05, 4.69) is 77.2 Å². The summed E-state index contributed by atoms with van der Waals surface area (Å²) in [6.07, 6.45) is 4.39. The van der Waals surface area contributed by atoms with Crippen LogP contribution < -0.4 is 5.32 Å². The van der Waals surface area contributed by atoms with Gasteiger partial charge in [0.15, 0.2) is 5.78 Å². The zero-order chi connectivity index (χ0) is 21.0. The van der Waals surface area contributed by atoms with Crippen molar-refractivity contribution in [2.24, 2.45) is 10.8 Å². The van der Waals surface area contributed by atoms with Crippen molar-refractivity contribution in [1.29, 1.82) is 0 Å². The highest BCUT2D eigenvalue weighted by molar-refractivity contribution is 6.02. The summed E-state index contributed by atoms with van der Waals surface area (Å²) >= 11 is 0. The van der Waals surface area contributed by atoms with Crippen molar-refractivity contribution in [1.82, 2.24) is 4.98 Å². The predicted octanol–water partition coefficient (Wildman–Crippen LogP) is 6.29. The Morgan fingerprint density at radius 2 is 1.79 bits per heavy atom. The first-order chi connectivity index (χ1) is 13.5. The van der Waals surface area contributed by atoms with Crippen molar-refractivity contribution in [3.05, 3.63) is 70.6 Å². The summed E-state index contributed by atoms with van der Waals surface area (Å²) in [6.45, 7) is 13.3. The second-order valence-electron chi connectivity index (χ2n) is 10.9. The summed E-state index contributed by atoms with van der Waals surface area (Å²) in [5, 5.41) is 3.55. The lowest BCUT2D eigenvalue weighted by molar-refractivity contribution is -0.118. The van der Waals surface area contributed by atoms with Crippen molar-refractivity contribution >= 4 is 11.6 Å². The van der Waals surface area contributed by atoms with E-state index in [1.54, 1.807) is 0 Å². The smallest absolute Gasteiger partial charge is 0.162 e. The number of carbonyl (C=O) groups is 1. The van der Waals surface area contributed by atoms with Gasteiger partial charge < -0.3 is 5.32 Å². The number of hydrogen-bond acceptors (Lipinski definition) is 3. The normalized spacial score (nSPS) is 23.3. The maximum Gasteiger partial charge on any atom is 0.162 e. The molecule has 3 nitrogen and oxygen atoms in total. The van der Waals surface area contributed by atoms with E-state index in [0.717, 1.165) is 41.1 Å². The van der Waals surface area contributed by atoms with Crippen molar-refractivity contribution in [2.45, 2.75) is 66.2 Å². The van der Waals surface area contributed by atoms with Crippen LogP contribution in [-0.2, 0) is 16.6 Å². The Labute approximate surface area is 176 Å². The van der Waals surface area contributed by atoms with Crippen LogP contribution in [0.15, 0.2) is 53.9 Å². The van der Waals surface area contributed by atoms with Crippen LogP contribution in [0.5, 0.6) is 0 Å². The first-order valence-electron chi connectivity index (χ1n) is 10.6. The van der Waals surface area contributed by atoms with Crippen molar-refractivity contribution in [3.8, 4) is 0 Å². The van der Waals surface area contributed by atoms with Gasteiger partial charge in [0.05, 0.1) is 5.41 Å². The second-order valence-corrected chi connectivity index (χ2v) is 10.9. The van der Waals surface area contributed by atoms with Crippen molar-refractivity contribution in [2.75, 3.05) is 5.32 Å². The number of carbonyl (C=O) groups excluding carboxylic acids is 1.